The maximum Gasteiger partial charge on any atom is 0.142 e. The van der Waals surface area contributed by atoms with Gasteiger partial charge >= 0.3 is 0 Å². The monoisotopic (exact) mass is 413 g/mol. The number of benzene rings is 2. The SMILES string of the molecule is CCOc1ccccc1NCc1cc(Br)cc(Br)c1OC. The normalized spacial score (nSPS) is 10.3. The highest BCUT2D eigenvalue weighted by Gasteiger charge is 2.10. The summed E-state index contributed by atoms with van der Waals surface area (Å²) in [7, 11) is 1.67. The van der Waals surface area contributed by atoms with E-state index in [1.54, 1.807) is 7.11 Å². The van der Waals surface area contributed by atoms with E-state index in [1.165, 1.54) is 0 Å². The van der Waals surface area contributed by atoms with Crippen LogP contribution >= 0.6 is 31.9 Å². The van der Waals surface area contributed by atoms with Crippen molar-refractivity contribution in [3.05, 3.63) is 50.9 Å². The van der Waals surface area contributed by atoms with Crippen molar-refractivity contribution < 1.29 is 9.47 Å². The fraction of sp³-hybridized carbons (Fsp3) is 0.250. The van der Waals surface area contributed by atoms with E-state index < -0.39 is 0 Å². The molecule has 0 amide bonds. The molecule has 0 aliphatic rings. The van der Waals surface area contributed by atoms with Crippen molar-refractivity contribution in [1.82, 2.24) is 0 Å². The molecule has 3 nitrogen and oxygen atoms in total. The van der Waals surface area contributed by atoms with Crippen LogP contribution in [0, 0.1) is 0 Å². The Balaban J connectivity index is 2.20. The molecule has 2 rings (SSSR count). The van der Waals surface area contributed by atoms with Crippen LogP contribution in [0.2, 0.25) is 0 Å². The Bertz CT molecular complexity index is 617. The molecule has 112 valence electrons. The van der Waals surface area contributed by atoms with Crippen molar-refractivity contribution in [3.8, 4) is 11.5 Å². The molecule has 0 aliphatic carbocycles. The van der Waals surface area contributed by atoms with Crippen LogP contribution < -0.4 is 14.8 Å². The molecule has 0 saturated carbocycles. The first-order valence-electron chi connectivity index (χ1n) is 6.63. The Kier molecular flexibility index (Phi) is 5.94. The molecule has 0 heterocycles. The quantitative estimate of drug-likeness (QED) is 0.701. The number of rotatable bonds is 6. The van der Waals surface area contributed by atoms with Crippen molar-refractivity contribution in [3.63, 3.8) is 0 Å². The van der Waals surface area contributed by atoms with Gasteiger partial charge < -0.3 is 14.8 Å². The predicted molar refractivity (Wildman–Crippen MR) is 93.3 cm³/mol. The molecule has 21 heavy (non-hydrogen) atoms. The minimum absolute atomic E-state index is 0.643. The lowest BCUT2D eigenvalue weighted by Crippen LogP contribution is -2.04. The average Bonchev–Trinajstić information content (AvgIpc) is 2.46. The molecule has 0 spiro atoms. The first-order valence-corrected chi connectivity index (χ1v) is 8.22. The van der Waals surface area contributed by atoms with Crippen LogP contribution in [0.15, 0.2) is 45.3 Å². The van der Waals surface area contributed by atoms with Gasteiger partial charge in [0.25, 0.3) is 0 Å². The van der Waals surface area contributed by atoms with E-state index in [0.29, 0.717) is 13.2 Å². The first-order chi connectivity index (χ1) is 10.2. The Morgan fingerprint density at radius 3 is 2.62 bits per heavy atom. The van der Waals surface area contributed by atoms with Gasteiger partial charge in [0.05, 0.1) is 23.9 Å². The highest BCUT2D eigenvalue weighted by molar-refractivity contribution is 9.11. The molecule has 0 radical (unpaired) electrons. The van der Waals surface area contributed by atoms with Gasteiger partial charge in [0, 0.05) is 16.6 Å². The summed E-state index contributed by atoms with van der Waals surface area (Å²) in [6.45, 7) is 3.26. The van der Waals surface area contributed by atoms with Crippen LogP contribution in [0.1, 0.15) is 12.5 Å². The van der Waals surface area contributed by atoms with Crippen molar-refractivity contribution in [2.75, 3.05) is 19.0 Å². The maximum atomic E-state index is 5.62. The van der Waals surface area contributed by atoms with Crippen LogP contribution in [0.5, 0.6) is 11.5 Å². The lowest BCUT2D eigenvalue weighted by Gasteiger charge is -2.15. The summed E-state index contributed by atoms with van der Waals surface area (Å²) in [5.74, 6) is 1.69. The summed E-state index contributed by atoms with van der Waals surface area (Å²) in [5, 5.41) is 3.40. The Labute approximate surface area is 141 Å². The van der Waals surface area contributed by atoms with E-state index in [0.717, 1.165) is 31.7 Å². The molecule has 0 aliphatic heterocycles. The Morgan fingerprint density at radius 2 is 1.90 bits per heavy atom. The molecule has 0 aromatic heterocycles. The van der Waals surface area contributed by atoms with Gasteiger partial charge in [-0.25, -0.2) is 0 Å². The zero-order valence-corrected chi connectivity index (χ0v) is 15.1. The topological polar surface area (TPSA) is 30.5 Å². The molecule has 1 N–H and O–H groups in total. The van der Waals surface area contributed by atoms with Crippen molar-refractivity contribution in [2.24, 2.45) is 0 Å². The smallest absolute Gasteiger partial charge is 0.142 e. The molecule has 0 fully saturated rings. The van der Waals surface area contributed by atoms with Gasteiger partial charge in [0.15, 0.2) is 0 Å². The summed E-state index contributed by atoms with van der Waals surface area (Å²) in [6, 6.07) is 11.9. The molecule has 0 bridgehead atoms. The van der Waals surface area contributed by atoms with E-state index in [-0.39, 0.29) is 0 Å². The van der Waals surface area contributed by atoms with Gasteiger partial charge in [-0.05, 0) is 47.1 Å². The van der Waals surface area contributed by atoms with E-state index >= 15 is 0 Å². The zero-order valence-electron chi connectivity index (χ0n) is 12.0. The van der Waals surface area contributed by atoms with Crippen molar-refractivity contribution in [2.45, 2.75) is 13.5 Å². The third-order valence-corrected chi connectivity index (χ3v) is 3.99. The fourth-order valence-corrected chi connectivity index (χ4v) is 3.53. The summed E-state index contributed by atoms with van der Waals surface area (Å²) in [4.78, 5) is 0. The zero-order chi connectivity index (χ0) is 15.2. The van der Waals surface area contributed by atoms with Crippen LogP contribution in [0.25, 0.3) is 0 Å². The maximum absolute atomic E-state index is 5.62. The summed E-state index contributed by atoms with van der Waals surface area (Å²) in [6.07, 6.45) is 0. The lowest BCUT2D eigenvalue weighted by atomic mass is 10.2. The van der Waals surface area contributed by atoms with Gasteiger partial charge in [-0.1, -0.05) is 28.1 Å². The van der Waals surface area contributed by atoms with E-state index in [9.17, 15) is 0 Å². The van der Waals surface area contributed by atoms with Crippen molar-refractivity contribution in [1.29, 1.82) is 0 Å². The number of anilines is 1. The van der Waals surface area contributed by atoms with Gasteiger partial charge in [0.2, 0.25) is 0 Å². The first kappa shape index (κ1) is 16.2. The summed E-state index contributed by atoms with van der Waals surface area (Å²) in [5.41, 5.74) is 2.03. The van der Waals surface area contributed by atoms with Crippen LogP contribution in [0.3, 0.4) is 0 Å². The van der Waals surface area contributed by atoms with Gasteiger partial charge in [-0.15, -0.1) is 0 Å². The van der Waals surface area contributed by atoms with E-state index in [1.807, 2.05) is 43.3 Å². The molecule has 5 heteroatoms. The van der Waals surface area contributed by atoms with Crippen molar-refractivity contribution >= 4 is 37.5 Å². The molecular formula is C16H17Br2NO2. The second-order valence-corrected chi connectivity index (χ2v) is 6.13. The molecule has 2 aromatic carbocycles. The van der Waals surface area contributed by atoms with Crippen LogP contribution in [0.4, 0.5) is 5.69 Å². The third kappa shape index (κ3) is 4.14. The highest BCUT2D eigenvalue weighted by atomic mass is 79.9. The Hall–Kier alpha value is -1.20. The number of para-hydroxylation sites is 2. The fourth-order valence-electron chi connectivity index (χ4n) is 2.06. The van der Waals surface area contributed by atoms with E-state index in [2.05, 4.69) is 37.2 Å². The molecule has 0 saturated heterocycles. The molecule has 0 unspecified atom stereocenters. The summed E-state index contributed by atoms with van der Waals surface area (Å²) < 4.78 is 13.0. The second-order valence-electron chi connectivity index (χ2n) is 4.36. The molecule has 0 atom stereocenters. The number of halogens is 2. The van der Waals surface area contributed by atoms with Gasteiger partial charge in [0.1, 0.15) is 11.5 Å². The number of methoxy groups -OCH3 is 1. The van der Waals surface area contributed by atoms with E-state index in [4.69, 9.17) is 9.47 Å². The van der Waals surface area contributed by atoms with Crippen LogP contribution in [-0.4, -0.2) is 13.7 Å². The lowest BCUT2D eigenvalue weighted by molar-refractivity contribution is 0.341. The summed E-state index contributed by atoms with van der Waals surface area (Å²) >= 11 is 7.02. The highest BCUT2D eigenvalue weighted by Crippen LogP contribution is 2.33. The number of hydrogen-bond donors (Lipinski definition) is 1. The van der Waals surface area contributed by atoms with Gasteiger partial charge in [-0.2, -0.15) is 0 Å². The predicted octanol–water partition coefficient (Wildman–Crippen LogP) is 5.23. The number of nitrogens with one attached hydrogen (secondary N) is 1. The minimum atomic E-state index is 0.643. The number of ether oxygens (including phenoxy) is 2. The number of hydrogen-bond acceptors (Lipinski definition) is 3. The molecular weight excluding hydrogens is 398 g/mol. The Morgan fingerprint density at radius 1 is 1.14 bits per heavy atom. The third-order valence-electron chi connectivity index (χ3n) is 2.95. The largest absolute Gasteiger partial charge is 0.495 e. The van der Waals surface area contributed by atoms with Gasteiger partial charge in [-0.3, -0.25) is 0 Å². The molecule has 2 aromatic rings. The standard InChI is InChI=1S/C16H17Br2NO2/c1-3-21-15-7-5-4-6-14(15)19-10-11-8-12(17)9-13(18)16(11)20-2/h4-9,19H,3,10H2,1-2H3. The minimum Gasteiger partial charge on any atom is -0.495 e. The van der Waals surface area contributed by atoms with Crippen LogP contribution in [-0.2, 0) is 6.54 Å². The second kappa shape index (κ2) is 7.71. The average molecular weight is 415 g/mol.